The number of benzene rings is 3. The summed E-state index contributed by atoms with van der Waals surface area (Å²) in [5, 5.41) is 2.80. The topological polar surface area (TPSA) is 84.9 Å². The minimum absolute atomic E-state index is 0.143. The summed E-state index contributed by atoms with van der Waals surface area (Å²) in [5.74, 6) is 0.605. The van der Waals surface area contributed by atoms with Crippen molar-refractivity contribution >= 4 is 27.3 Å². The van der Waals surface area contributed by atoms with E-state index >= 15 is 0 Å². The van der Waals surface area contributed by atoms with E-state index in [0.717, 1.165) is 11.1 Å². The maximum atomic E-state index is 13.5. The molecule has 0 aromatic heterocycles. The van der Waals surface area contributed by atoms with Crippen molar-refractivity contribution in [2.75, 3.05) is 22.8 Å². The highest BCUT2D eigenvalue weighted by Gasteiger charge is 2.37. The number of amides is 1. The molecule has 0 saturated carbocycles. The lowest BCUT2D eigenvalue weighted by Gasteiger charge is -2.35. The van der Waals surface area contributed by atoms with Gasteiger partial charge in [0.05, 0.1) is 23.7 Å². The van der Waals surface area contributed by atoms with Crippen molar-refractivity contribution < 1.29 is 22.7 Å². The van der Waals surface area contributed by atoms with Gasteiger partial charge in [0.25, 0.3) is 15.9 Å². The Balaban J connectivity index is 1.63. The third kappa shape index (κ3) is 4.80. The molecule has 1 heterocycles. The van der Waals surface area contributed by atoms with Gasteiger partial charge in [-0.1, -0.05) is 23.8 Å². The first-order chi connectivity index (χ1) is 15.8. The summed E-state index contributed by atoms with van der Waals surface area (Å²) in [7, 11) is -3.90. The molecule has 8 heteroatoms. The molecular weight excluding hydrogens is 440 g/mol. The predicted octanol–water partition coefficient (Wildman–Crippen LogP) is 4.30. The molecule has 1 amide bonds. The Kier molecular flexibility index (Phi) is 6.29. The Morgan fingerprint density at radius 1 is 1.03 bits per heavy atom. The van der Waals surface area contributed by atoms with Crippen LogP contribution in [0.15, 0.2) is 71.6 Å². The number of fused-ring (bicyclic) bond motifs is 1. The van der Waals surface area contributed by atoms with Gasteiger partial charge in [-0.25, -0.2) is 8.42 Å². The number of hydrogen-bond donors (Lipinski definition) is 1. The number of rotatable bonds is 6. The van der Waals surface area contributed by atoms with Crippen LogP contribution in [0.2, 0.25) is 0 Å². The fraction of sp³-hybridized carbons (Fsp3) is 0.240. The molecule has 3 aromatic rings. The highest BCUT2D eigenvalue weighted by atomic mass is 32.2. The van der Waals surface area contributed by atoms with Gasteiger partial charge < -0.3 is 14.8 Å². The summed E-state index contributed by atoms with van der Waals surface area (Å²) >= 11 is 0. The molecule has 1 atom stereocenters. The van der Waals surface area contributed by atoms with Gasteiger partial charge in [-0.15, -0.1) is 0 Å². The summed E-state index contributed by atoms with van der Waals surface area (Å²) in [6.07, 6.45) is -1.02. The Morgan fingerprint density at radius 2 is 1.70 bits per heavy atom. The van der Waals surface area contributed by atoms with Crippen LogP contribution in [-0.2, 0) is 14.8 Å². The summed E-state index contributed by atoms with van der Waals surface area (Å²) in [6.45, 7) is 6.07. The number of anilines is 2. The van der Waals surface area contributed by atoms with Crippen LogP contribution >= 0.6 is 0 Å². The van der Waals surface area contributed by atoms with Crippen molar-refractivity contribution in [2.45, 2.75) is 31.8 Å². The maximum absolute atomic E-state index is 13.5. The third-order valence-electron chi connectivity index (χ3n) is 5.32. The maximum Gasteiger partial charge on any atom is 0.267 e. The first-order valence-corrected chi connectivity index (χ1v) is 12.1. The quantitative estimate of drug-likeness (QED) is 0.586. The van der Waals surface area contributed by atoms with Gasteiger partial charge in [-0.2, -0.15) is 0 Å². The van der Waals surface area contributed by atoms with E-state index in [9.17, 15) is 13.2 Å². The van der Waals surface area contributed by atoms with Gasteiger partial charge in [-0.3, -0.25) is 9.10 Å². The number of carbonyl (C=O) groups is 1. The number of aryl methyl sites for hydroxylation is 2. The molecule has 1 unspecified atom stereocenters. The van der Waals surface area contributed by atoms with E-state index in [1.165, 1.54) is 4.31 Å². The van der Waals surface area contributed by atoms with Crippen molar-refractivity contribution in [3.63, 3.8) is 0 Å². The zero-order valence-corrected chi connectivity index (χ0v) is 19.6. The molecule has 0 radical (unpaired) electrons. The van der Waals surface area contributed by atoms with Crippen LogP contribution < -0.4 is 19.1 Å². The molecule has 1 aliphatic rings. The van der Waals surface area contributed by atoms with Crippen molar-refractivity contribution in [3.8, 4) is 11.5 Å². The van der Waals surface area contributed by atoms with Gasteiger partial charge in [0.1, 0.15) is 11.5 Å². The molecule has 0 bridgehead atoms. The summed E-state index contributed by atoms with van der Waals surface area (Å²) in [4.78, 5) is 13.2. The molecule has 7 nitrogen and oxygen atoms in total. The summed E-state index contributed by atoms with van der Waals surface area (Å²) in [5.41, 5.74) is 2.83. The first-order valence-electron chi connectivity index (χ1n) is 10.7. The normalized spacial score (nSPS) is 15.4. The Hall–Kier alpha value is -3.52. The molecule has 0 spiro atoms. The lowest BCUT2D eigenvalue weighted by atomic mass is 10.1. The van der Waals surface area contributed by atoms with E-state index in [4.69, 9.17) is 9.47 Å². The van der Waals surface area contributed by atoms with E-state index in [-0.39, 0.29) is 11.4 Å². The molecule has 0 saturated heterocycles. The summed E-state index contributed by atoms with van der Waals surface area (Å²) < 4.78 is 39.6. The first kappa shape index (κ1) is 22.7. The highest BCUT2D eigenvalue weighted by molar-refractivity contribution is 7.92. The number of sulfonamides is 1. The van der Waals surface area contributed by atoms with Crippen LogP contribution in [0.3, 0.4) is 0 Å². The SMILES string of the molecule is CCOc1ccc(NC(=O)C2CN(S(=O)(=O)c3ccc(C)cc3)c3cc(C)ccc3O2)cc1. The average molecular weight is 467 g/mol. The summed E-state index contributed by atoms with van der Waals surface area (Å²) in [6, 6.07) is 18.9. The van der Waals surface area contributed by atoms with Crippen molar-refractivity contribution in [1.29, 1.82) is 0 Å². The van der Waals surface area contributed by atoms with Gasteiger partial charge in [0, 0.05) is 5.69 Å². The largest absolute Gasteiger partial charge is 0.494 e. The molecule has 1 aliphatic heterocycles. The average Bonchev–Trinajstić information content (AvgIpc) is 2.80. The molecule has 33 heavy (non-hydrogen) atoms. The van der Waals surface area contributed by atoms with Gasteiger partial charge >= 0.3 is 0 Å². The van der Waals surface area contributed by atoms with E-state index < -0.39 is 22.0 Å². The number of ether oxygens (including phenoxy) is 2. The Labute approximate surface area is 194 Å². The molecule has 172 valence electrons. The highest BCUT2D eigenvalue weighted by Crippen LogP contribution is 2.38. The van der Waals surface area contributed by atoms with E-state index in [2.05, 4.69) is 5.32 Å². The van der Waals surface area contributed by atoms with Crippen LogP contribution in [0, 0.1) is 13.8 Å². The molecular formula is C25H26N2O5S. The predicted molar refractivity (Wildman–Crippen MR) is 128 cm³/mol. The zero-order chi connectivity index (χ0) is 23.6. The fourth-order valence-corrected chi connectivity index (χ4v) is 5.05. The lowest BCUT2D eigenvalue weighted by Crippen LogP contribution is -2.48. The minimum Gasteiger partial charge on any atom is -0.494 e. The van der Waals surface area contributed by atoms with E-state index in [0.29, 0.717) is 29.5 Å². The Bertz CT molecular complexity index is 1250. The Morgan fingerprint density at radius 3 is 2.36 bits per heavy atom. The molecule has 3 aromatic carbocycles. The van der Waals surface area contributed by atoms with E-state index in [1.807, 2.05) is 26.8 Å². The second kappa shape index (κ2) is 9.15. The van der Waals surface area contributed by atoms with E-state index in [1.54, 1.807) is 60.7 Å². The second-order valence-corrected chi connectivity index (χ2v) is 9.74. The van der Waals surface area contributed by atoms with Crippen LogP contribution in [0.25, 0.3) is 0 Å². The second-order valence-electron chi connectivity index (χ2n) is 7.87. The van der Waals surface area contributed by atoms with Crippen LogP contribution in [0.4, 0.5) is 11.4 Å². The van der Waals surface area contributed by atoms with Crippen molar-refractivity contribution in [1.82, 2.24) is 0 Å². The standard InChI is InChI=1S/C25H26N2O5S/c1-4-31-20-10-8-19(9-11-20)26-25(28)24-16-27(22-15-18(3)7-14-23(22)32-24)33(29,30)21-12-5-17(2)6-13-21/h5-15,24H,4,16H2,1-3H3,(H,26,28). The van der Waals surface area contributed by atoms with Crippen molar-refractivity contribution in [3.05, 3.63) is 77.9 Å². The number of nitrogens with one attached hydrogen (secondary N) is 1. The van der Waals surface area contributed by atoms with Crippen LogP contribution in [-0.4, -0.2) is 33.6 Å². The monoisotopic (exact) mass is 466 g/mol. The molecule has 0 fully saturated rings. The van der Waals surface area contributed by atoms with Crippen molar-refractivity contribution in [2.24, 2.45) is 0 Å². The number of hydrogen-bond acceptors (Lipinski definition) is 5. The van der Waals surface area contributed by atoms with Crippen LogP contribution in [0.5, 0.6) is 11.5 Å². The number of nitrogens with zero attached hydrogens (tertiary/aromatic N) is 1. The third-order valence-corrected chi connectivity index (χ3v) is 7.11. The lowest BCUT2D eigenvalue weighted by molar-refractivity contribution is -0.122. The molecule has 0 aliphatic carbocycles. The fourth-order valence-electron chi connectivity index (χ4n) is 3.59. The van der Waals surface area contributed by atoms with Crippen LogP contribution in [0.1, 0.15) is 18.1 Å². The van der Waals surface area contributed by atoms with Gasteiger partial charge in [0.2, 0.25) is 0 Å². The van der Waals surface area contributed by atoms with Gasteiger partial charge in [-0.05, 0) is 74.9 Å². The smallest absolute Gasteiger partial charge is 0.267 e. The minimum atomic E-state index is -3.90. The zero-order valence-electron chi connectivity index (χ0n) is 18.7. The number of carbonyl (C=O) groups excluding carboxylic acids is 1. The molecule has 4 rings (SSSR count). The van der Waals surface area contributed by atoms with Gasteiger partial charge in [0.15, 0.2) is 6.10 Å². The molecule has 1 N–H and O–H groups in total.